The third-order valence-corrected chi connectivity index (χ3v) is 9.96. The van der Waals surface area contributed by atoms with Crippen molar-refractivity contribution in [3.8, 4) is 0 Å². The van der Waals surface area contributed by atoms with Crippen molar-refractivity contribution < 1.29 is 42.1 Å². The van der Waals surface area contributed by atoms with Gasteiger partial charge in [0.05, 0.1) is 27.7 Å². The topological polar surface area (TPSA) is 111 Å². The summed E-state index contributed by atoms with van der Waals surface area (Å²) in [6, 6.07) is 0. The molecule has 0 N–H and O–H groups in total. The maximum atomic E-state index is 12.6. The van der Waals surface area contributed by atoms with Crippen LogP contribution in [-0.4, -0.2) is 70.0 Å². The number of allylic oxidation sites excluding steroid dienone is 20. The number of quaternary nitrogens is 1. The van der Waals surface area contributed by atoms with E-state index in [1.165, 1.54) is 0 Å². The molecule has 2 unspecified atom stereocenters. The largest absolute Gasteiger partial charge is 0.756 e. The number of esters is 2. The van der Waals surface area contributed by atoms with E-state index in [0.29, 0.717) is 23.9 Å². The third-order valence-electron chi connectivity index (χ3n) is 9.00. The molecule has 0 aromatic carbocycles. The van der Waals surface area contributed by atoms with E-state index in [1.54, 1.807) is 0 Å². The molecule has 0 heterocycles. The van der Waals surface area contributed by atoms with E-state index in [1.807, 2.05) is 21.1 Å². The van der Waals surface area contributed by atoms with Gasteiger partial charge in [-0.3, -0.25) is 14.2 Å². The summed E-state index contributed by atoms with van der Waals surface area (Å²) in [5.74, 6) is -0.914. The maximum absolute atomic E-state index is 12.6. The van der Waals surface area contributed by atoms with Crippen LogP contribution < -0.4 is 4.89 Å². The predicted octanol–water partition coefficient (Wildman–Crippen LogP) is 13.1. The lowest BCUT2D eigenvalue weighted by Crippen LogP contribution is -2.37. The van der Waals surface area contributed by atoms with E-state index in [9.17, 15) is 19.0 Å². The van der Waals surface area contributed by atoms with Gasteiger partial charge in [0.15, 0.2) is 6.10 Å². The molecule has 0 saturated heterocycles. The fraction of sp³-hybridized carbons (Fsp3) is 0.577. The molecule has 0 saturated carbocycles. The van der Waals surface area contributed by atoms with Crippen molar-refractivity contribution in [1.82, 2.24) is 0 Å². The number of ether oxygens (including phenoxy) is 2. The van der Waals surface area contributed by atoms with Crippen molar-refractivity contribution in [1.29, 1.82) is 0 Å². The van der Waals surface area contributed by atoms with Gasteiger partial charge in [-0.05, 0) is 89.9 Å². The first kappa shape index (κ1) is 58.4. The summed E-state index contributed by atoms with van der Waals surface area (Å²) in [5.41, 5.74) is 0. The van der Waals surface area contributed by atoms with E-state index in [2.05, 4.69) is 135 Å². The number of likely N-dealkylation sites (N-methyl/N-ethyl adjacent to an activating group) is 1. The number of rotatable bonds is 40. The number of carbonyl (C=O) groups excluding carboxylic acids is 2. The Balaban J connectivity index is 4.20. The van der Waals surface area contributed by atoms with E-state index in [4.69, 9.17) is 18.5 Å². The minimum Gasteiger partial charge on any atom is -0.756 e. The number of unbranched alkanes of at least 4 members (excludes halogenated alkanes) is 6. The van der Waals surface area contributed by atoms with Crippen LogP contribution in [0.15, 0.2) is 122 Å². The molecule has 0 bridgehead atoms. The highest BCUT2D eigenvalue weighted by Crippen LogP contribution is 2.38. The molecule has 0 aliphatic rings. The molecule has 0 spiro atoms. The Kier molecular flexibility index (Phi) is 40.2. The van der Waals surface area contributed by atoms with Gasteiger partial charge in [-0.25, -0.2) is 0 Å². The monoisotopic (exact) mass is 882 g/mol. The molecule has 62 heavy (non-hydrogen) atoms. The molecule has 0 aliphatic heterocycles. The average Bonchev–Trinajstić information content (AvgIpc) is 3.22. The highest BCUT2D eigenvalue weighted by atomic mass is 31.2. The van der Waals surface area contributed by atoms with Gasteiger partial charge in [0.1, 0.15) is 19.8 Å². The van der Waals surface area contributed by atoms with E-state index in [0.717, 1.165) is 103 Å². The highest BCUT2D eigenvalue weighted by molar-refractivity contribution is 7.45. The van der Waals surface area contributed by atoms with Gasteiger partial charge in [-0.2, -0.15) is 0 Å². The summed E-state index contributed by atoms with van der Waals surface area (Å²) in [7, 11) is 1.11. The van der Waals surface area contributed by atoms with Gasteiger partial charge < -0.3 is 27.9 Å². The third kappa shape index (κ3) is 45.9. The number of phosphoric acid groups is 1. The Morgan fingerprint density at radius 1 is 0.516 bits per heavy atom. The minimum atomic E-state index is -4.63. The van der Waals surface area contributed by atoms with Crippen LogP contribution in [0.3, 0.4) is 0 Å². The van der Waals surface area contributed by atoms with Crippen LogP contribution in [0.1, 0.15) is 142 Å². The zero-order chi connectivity index (χ0) is 45.7. The Morgan fingerprint density at radius 2 is 0.919 bits per heavy atom. The molecule has 0 aromatic rings. The maximum Gasteiger partial charge on any atom is 0.306 e. The minimum absolute atomic E-state index is 0.0461. The van der Waals surface area contributed by atoms with Gasteiger partial charge >= 0.3 is 11.9 Å². The molecule has 0 rings (SSSR count). The summed E-state index contributed by atoms with van der Waals surface area (Å²) < 4.78 is 33.6. The van der Waals surface area contributed by atoms with Crippen LogP contribution in [0.25, 0.3) is 0 Å². The Labute approximate surface area is 378 Å². The average molecular weight is 882 g/mol. The molecule has 10 heteroatoms. The Bertz CT molecular complexity index is 1460. The SMILES string of the molecule is CC/C=C\C/C=C\C/C=C\C/C=C\C/C=C\C/C=C\C/C=C\C/C=C\C/C=C\C/C=C\CCCCC(=O)OC(COC(=O)CCCCCCC)COP(=O)([O-])OCC[N+](C)(C)C. The standard InChI is InChI=1S/C52H84NO8P/c1-6-8-10-12-13-14-15-16-17-18-19-20-21-22-23-24-25-26-27-28-29-30-31-32-33-34-35-36-37-38-39-41-43-45-52(55)61-50(48-58-51(54)44-42-40-11-9-7-2)49-60-62(56,57)59-47-46-53(3,4)5/h8,10,13-14,16-17,19-20,22-23,25-26,28-29,31-32,34-35,37-38,50H,6-7,9,11-12,15,18,21,24,27,30,33,36,39-49H2,1-5H3/b10-8-,14-13-,17-16-,20-19-,23-22-,26-25-,29-28-,32-31-,35-34-,38-37-. The number of nitrogens with zero attached hydrogens (tertiary/aromatic N) is 1. The van der Waals surface area contributed by atoms with Gasteiger partial charge in [0.25, 0.3) is 7.82 Å². The van der Waals surface area contributed by atoms with E-state index < -0.39 is 32.5 Å². The lowest BCUT2D eigenvalue weighted by molar-refractivity contribution is -0.870. The molecule has 9 nitrogen and oxygen atoms in total. The number of hydrogen-bond donors (Lipinski definition) is 0. The van der Waals surface area contributed by atoms with Gasteiger partial charge in [-0.15, -0.1) is 0 Å². The first-order valence-electron chi connectivity index (χ1n) is 23.2. The number of hydrogen-bond acceptors (Lipinski definition) is 8. The molecular weight excluding hydrogens is 798 g/mol. The lowest BCUT2D eigenvalue weighted by atomic mass is 10.1. The summed E-state index contributed by atoms with van der Waals surface area (Å²) in [6.07, 6.45) is 60.1. The first-order valence-corrected chi connectivity index (χ1v) is 24.7. The molecular formula is C52H84NO8P. The van der Waals surface area contributed by atoms with Crippen molar-refractivity contribution in [3.05, 3.63) is 122 Å². The summed E-state index contributed by atoms with van der Waals surface area (Å²) in [6.45, 7) is 3.92. The zero-order valence-corrected chi connectivity index (χ0v) is 40.1. The number of carbonyl (C=O) groups is 2. The summed E-state index contributed by atoms with van der Waals surface area (Å²) >= 11 is 0. The first-order chi connectivity index (χ1) is 30.0. The van der Waals surface area contributed by atoms with E-state index in [-0.39, 0.29) is 26.1 Å². The second-order valence-corrected chi connectivity index (χ2v) is 17.4. The van der Waals surface area contributed by atoms with Crippen LogP contribution in [0.4, 0.5) is 0 Å². The summed E-state index contributed by atoms with van der Waals surface area (Å²) in [4.78, 5) is 37.2. The van der Waals surface area contributed by atoms with Crippen molar-refractivity contribution in [2.75, 3.05) is 47.5 Å². The van der Waals surface area contributed by atoms with Crippen LogP contribution in [0, 0.1) is 0 Å². The molecule has 0 aliphatic carbocycles. The van der Waals surface area contributed by atoms with Crippen molar-refractivity contribution in [2.45, 2.75) is 148 Å². The fourth-order valence-electron chi connectivity index (χ4n) is 5.39. The highest BCUT2D eigenvalue weighted by Gasteiger charge is 2.21. The van der Waals surface area contributed by atoms with E-state index >= 15 is 0 Å². The van der Waals surface area contributed by atoms with Gasteiger partial charge in [0, 0.05) is 12.8 Å². The van der Waals surface area contributed by atoms with Crippen LogP contribution >= 0.6 is 7.82 Å². The lowest BCUT2D eigenvalue weighted by Gasteiger charge is -2.28. The smallest absolute Gasteiger partial charge is 0.306 e. The molecule has 2 atom stereocenters. The quantitative estimate of drug-likeness (QED) is 0.0197. The van der Waals surface area contributed by atoms with Crippen LogP contribution in [-0.2, 0) is 32.7 Å². The van der Waals surface area contributed by atoms with Gasteiger partial charge in [0.2, 0.25) is 0 Å². The Hall–Kier alpha value is -3.59. The normalized spacial score (nSPS) is 14.6. The molecule has 350 valence electrons. The van der Waals surface area contributed by atoms with Crippen molar-refractivity contribution >= 4 is 19.8 Å². The van der Waals surface area contributed by atoms with Crippen LogP contribution in [0.5, 0.6) is 0 Å². The molecule has 0 aromatic heterocycles. The zero-order valence-electron chi connectivity index (χ0n) is 39.3. The second-order valence-electron chi connectivity index (χ2n) is 16.0. The van der Waals surface area contributed by atoms with Gasteiger partial charge in [-0.1, -0.05) is 161 Å². The number of phosphoric ester groups is 1. The molecule has 0 fully saturated rings. The second kappa shape index (κ2) is 42.7. The molecule has 0 radical (unpaired) electrons. The molecule has 0 amide bonds. The van der Waals surface area contributed by atoms with Crippen LogP contribution in [0.2, 0.25) is 0 Å². The summed E-state index contributed by atoms with van der Waals surface area (Å²) in [5, 5.41) is 0. The fourth-order valence-corrected chi connectivity index (χ4v) is 6.11. The predicted molar refractivity (Wildman–Crippen MR) is 258 cm³/mol. The van der Waals surface area contributed by atoms with Crippen molar-refractivity contribution in [3.63, 3.8) is 0 Å². The Morgan fingerprint density at radius 3 is 1.35 bits per heavy atom. The van der Waals surface area contributed by atoms with Crippen molar-refractivity contribution in [2.24, 2.45) is 0 Å².